The number of hydrogen-bond acceptors (Lipinski definition) is 3. The number of rotatable bonds is 4. The first-order valence-electron chi connectivity index (χ1n) is 7.21. The summed E-state index contributed by atoms with van der Waals surface area (Å²) in [6.07, 6.45) is 2.21. The second-order valence-electron chi connectivity index (χ2n) is 5.47. The molecule has 1 aromatic rings. The van der Waals surface area contributed by atoms with Crippen LogP contribution >= 0.6 is 0 Å². The van der Waals surface area contributed by atoms with E-state index in [1.165, 1.54) is 4.90 Å². The van der Waals surface area contributed by atoms with Crippen molar-refractivity contribution >= 4 is 11.9 Å². The highest BCUT2D eigenvalue weighted by molar-refractivity contribution is 5.84. The normalized spacial score (nSPS) is 18.4. The first-order chi connectivity index (χ1) is 9.99. The fourth-order valence-corrected chi connectivity index (χ4v) is 2.52. The molecular formula is C16H21NO4. The number of hydrogen-bond donors (Lipinski definition) is 1. The molecule has 1 amide bonds. The van der Waals surface area contributed by atoms with E-state index in [4.69, 9.17) is 4.74 Å². The molecule has 0 saturated carbocycles. The summed E-state index contributed by atoms with van der Waals surface area (Å²) < 4.78 is 5.50. The molecule has 21 heavy (non-hydrogen) atoms. The van der Waals surface area contributed by atoms with Crippen LogP contribution in [0.2, 0.25) is 0 Å². The first-order valence-corrected chi connectivity index (χ1v) is 7.21. The number of aliphatic carboxylic acids is 1. The summed E-state index contributed by atoms with van der Waals surface area (Å²) in [5.74, 6) is -0.565. The van der Waals surface area contributed by atoms with Gasteiger partial charge < -0.3 is 14.7 Å². The van der Waals surface area contributed by atoms with Gasteiger partial charge >= 0.3 is 5.97 Å². The molecule has 1 aromatic carbocycles. The summed E-state index contributed by atoms with van der Waals surface area (Å²) in [6.45, 7) is 4.36. The van der Waals surface area contributed by atoms with E-state index in [0.29, 0.717) is 18.7 Å². The predicted octanol–water partition coefficient (Wildman–Crippen LogP) is 2.15. The van der Waals surface area contributed by atoms with Crippen LogP contribution in [-0.2, 0) is 9.59 Å². The Morgan fingerprint density at radius 1 is 1.29 bits per heavy atom. The number of carboxylic acid groups (broad SMARTS) is 1. The van der Waals surface area contributed by atoms with Crippen LogP contribution in [0.1, 0.15) is 30.4 Å². The molecule has 1 fully saturated rings. The molecule has 1 N–H and O–H groups in total. The lowest BCUT2D eigenvalue weighted by Gasteiger charge is -2.32. The fraction of sp³-hybridized carbons (Fsp3) is 0.500. The molecule has 0 radical (unpaired) electrons. The molecule has 5 heteroatoms. The summed E-state index contributed by atoms with van der Waals surface area (Å²) in [5.41, 5.74) is 2.26. The molecule has 2 rings (SSSR count). The number of carbonyl (C=O) groups is 2. The molecule has 1 saturated heterocycles. The maximum Gasteiger partial charge on any atom is 0.326 e. The number of ether oxygens (including phenoxy) is 1. The van der Waals surface area contributed by atoms with Gasteiger partial charge in [-0.05, 0) is 56.4 Å². The monoisotopic (exact) mass is 291 g/mol. The third-order valence-electron chi connectivity index (χ3n) is 3.95. The summed E-state index contributed by atoms with van der Waals surface area (Å²) in [5, 5.41) is 9.18. The van der Waals surface area contributed by atoms with Crippen LogP contribution in [0.15, 0.2) is 18.2 Å². The zero-order valence-electron chi connectivity index (χ0n) is 12.5. The van der Waals surface area contributed by atoms with Crippen LogP contribution < -0.4 is 4.74 Å². The lowest BCUT2D eigenvalue weighted by molar-refractivity contribution is -0.152. The zero-order chi connectivity index (χ0) is 15.4. The van der Waals surface area contributed by atoms with E-state index in [2.05, 4.69) is 0 Å². The average Bonchev–Trinajstić information content (AvgIpc) is 2.48. The van der Waals surface area contributed by atoms with Crippen LogP contribution in [-0.4, -0.2) is 41.1 Å². The van der Waals surface area contributed by atoms with Crippen molar-refractivity contribution in [2.45, 2.75) is 39.2 Å². The molecular weight excluding hydrogens is 270 g/mol. The number of carbonyl (C=O) groups excluding carboxylic acids is 1. The Bertz CT molecular complexity index is 541. The van der Waals surface area contributed by atoms with Crippen molar-refractivity contribution in [3.63, 3.8) is 0 Å². The van der Waals surface area contributed by atoms with Gasteiger partial charge in [-0.15, -0.1) is 0 Å². The molecule has 114 valence electrons. The van der Waals surface area contributed by atoms with Gasteiger partial charge in [0, 0.05) is 6.54 Å². The Morgan fingerprint density at radius 2 is 2.05 bits per heavy atom. The third-order valence-corrected chi connectivity index (χ3v) is 3.95. The Labute approximate surface area is 124 Å². The van der Waals surface area contributed by atoms with Gasteiger partial charge in [0.1, 0.15) is 11.8 Å². The minimum atomic E-state index is -0.936. The van der Waals surface area contributed by atoms with E-state index >= 15 is 0 Å². The molecule has 0 spiro atoms. The lowest BCUT2D eigenvalue weighted by atomic mass is 10.0. The van der Waals surface area contributed by atoms with Crippen molar-refractivity contribution in [3.8, 4) is 5.75 Å². The molecule has 0 aliphatic carbocycles. The number of carboxylic acids is 1. The molecule has 1 heterocycles. The van der Waals surface area contributed by atoms with Gasteiger partial charge in [0.2, 0.25) is 0 Å². The minimum absolute atomic E-state index is 0.119. The number of amides is 1. The van der Waals surface area contributed by atoms with Crippen molar-refractivity contribution < 1.29 is 19.4 Å². The molecule has 0 aromatic heterocycles. The highest BCUT2D eigenvalue weighted by atomic mass is 16.5. The maximum atomic E-state index is 12.2. The van der Waals surface area contributed by atoms with E-state index in [0.717, 1.165) is 24.0 Å². The van der Waals surface area contributed by atoms with Crippen molar-refractivity contribution in [2.24, 2.45) is 0 Å². The van der Waals surface area contributed by atoms with Crippen molar-refractivity contribution in [2.75, 3.05) is 13.2 Å². The van der Waals surface area contributed by atoms with Gasteiger partial charge in [-0.25, -0.2) is 4.79 Å². The largest absolute Gasteiger partial charge is 0.484 e. The lowest BCUT2D eigenvalue weighted by Crippen LogP contribution is -2.49. The summed E-state index contributed by atoms with van der Waals surface area (Å²) in [4.78, 5) is 24.8. The smallest absolute Gasteiger partial charge is 0.326 e. The quantitative estimate of drug-likeness (QED) is 0.923. The van der Waals surface area contributed by atoms with Gasteiger partial charge in [-0.3, -0.25) is 4.79 Å². The van der Waals surface area contributed by atoms with Crippen molar-refractivity contribution in [1.82, 2.24) is 4.90 Å². The van der Waals surface area contributed by atoms with Gasteiger partial charge in [-0.2, -0.15) is 0 Å². The van der Waals surface area contributed by atoms with E-state index in [9.17, 15) is 14.7 Å². The van der Waals surface area contributed by atoms with Gasteiger partial charge in [0.15, 0.2) is 6.61 Å². The van der Waals surface area contributed by atoms with Crippen LogP contribution in [0.5, 0.6) is 5.75 Å². The van der Waals surface area contributed by atoms with Crippen LogP contribution in [0, 0.1) is 13.8 Å². The Kier molecular flexibility index (Phi) is 4.83. The predicted molar refractivity (Wildman–Crippen MR) is 78.4 cm³/mol. The van der Waals surface area contributed by atoms with Gasteiger partial charge in [0.25, 0.3) is 5.91 Å². The Balaban J connectivity index is 1.96. The maximum absolute atomic E-state index is 12.2. The van der Waals surface area contributed by atoms with E-state index in [-0.39, 0.29) is 12.5 Å². The highest BCUT2D eigenvalue weighted by Crippen LogP contribution is 2.19. The Morgan fingerprint density at radius 3 is 2.71 bits per heavy atom. The van der Waals surface area contributed by atoms with Crippen molar-refractivity contribution in [3.05, 3.63) is 29.3 Å². The van der Waals surface area contributed by atoms with Crippen molar-refractivity contribution in [1.29, 1.82) is 0 Å². The van der Waals surface area contributed by atoms with E-state index < -0.39 is 12.0 Å². The SMILES string of the molecule is Cc1ccc(OCC(=O)N2CCCC[C@@H]2C(=O)O)cc1C. The van der Waals surface area contributed by atoms with Gasteiger partial charge in [0.05, 0.1) is 0 Å². The second kappa shape index (κ2) is 6.61. The minimum Gasteiger partial charge on any atom is -0.484 e. The molecule has 0 bridgehead atoms. The topological polar surface area (TPSA) is 66.8 Å². The van der Waals surface area contributed by atoms with Crippen LogP contribution in [0.4, 0.5) is 0 Å². The molecule has 1 atom stereocenters. The summed E-state index contributed by atoms with van der Waals surface area (Å²) in [6, 6.07) is 4.93. The zero-order valence-corrected chi connectivity index (χ0v) is 12.5. The fourth-order valence-electron chi connectivity index (χ4n) is 2.52. The van der Waals surface area contributed by atoms with E-state index in [1.54, 1.807) is 0 Å². The number of aryl methyl sites for hydroxylation is 2. The number of benzene rings is 1. The number of piperidine rings is 1. The summed E-state index contributed by atoms with van der Waals surface area (Å²) >= 11 is 0. The number of likely N-dealkylation sites (tertiary alicyclic amines) is 1. The van der Waals surface area contributed by atoms with Crippen LogP contribution in [0.3, 0.4) is 0 Å². The molecule has 5 nitrogen and oxygen atoms in total. The van der Waals surface area contributed by atoms with Gasteiger partial charge in [-0.1, -0.05) is 6.07 Å². The average molecular weight is 291 g/mol. The Hall–Kier alpha value is -2.04. The molecule has 1 aliphatic rings. The van der Waals surface area contributed by atoms with Crippen LogP contribution in [0.25, 0.3) is 0 Å². The molecule has 0 unspecified atom stereocenters. The first kappa shape index (κ1) is 15.4. The molecule has 1 aliphatic heterocycles. The standard InChI is InChI=1S/C16H21NO4/c1-11-6-7-13(9-12(11)2)21-10-15(18)17-8-4-3-5-14(17)16(19)20/h6-7,9,14H,3-5,8,10H2,1-2H3,(H,19,20)/t14-/m1/s1. The summed E-state index contributed by atoms with van der Waals surface area (Å²) in [7, 11) is 0. The number of nitrogens with zero attached hydrogens (tertiary/aromatic N) is 1. The highest BCUT2D eigenvalue weighted by Gasteiger charge is 2.31. The second-order valence-corrected chi connectivity index (χ2v) is 5.47. The van der Waals surface area contributed by atoms with E-state index in [1.807, 2.05) is 32.0 Å². The third kappa shape index (κ3) is 3.74.